The lowest BCUT2D eigenvalue weighted by Gasteiger charge is -2.01. The number of nitrogens with two attached hydrogens (primary N) is 1. The van der Waals surface area contributed by atoms with Crippen LogP contribution in [-0.4, -0.2) is 15.9 Å². The molecule has 0 atom stereocenters. The van der Waals surface area contributed by atoms with Crippen LogP contribution in [0.3, 0.4) is 0 Å². The number of amides is 1. The van der Waals surface area contributed by atoms with Crippen molar-refractivity contribution >= 4 is 33.7 Å². The van der Waals surface area contributed by atoms with Crippen LogP contribution in [0.2, 0.25) is 0 Å². The number of carbonyl (C=O) groups is 1. The average molecular weight is 282 g/mol. The fraction of sp³-hybridized carbons (Fsp3) is 0.364. The largest absolute Gasteiger partial charge is 0.375 e. The van der Waals surface area contributed by atoms with Crippen LogP contribution in [0.15, 0.2) is 5.38 Å². The Morgan fingerprint density at radius 3 is 2.83 bits per heavy atom. The van der Waals surface area contributed by atoms with Gasteiger partial charge >= 0.3 is 0 Å². The predicted molar refractivity (Wildman–Crippen MR) is 73.9 cm³/mol. The SMILES string of the molecule is CCc1nc(C)c(CNC(=O)c2csc(N)n2)s1. The van der Waals surface area contributed by atoms with E-state index in [9.17, 15) is 4.79 Å². The first-order chi connectivity index (χ1) is 8.60. The van der Waals surface area contributed by atoms with Crippen molar-refractivity contribution in [2.45, 2.75) is 26.8 Å². The van der Waals surface area contributed by atoms with Crippen molar-refractivity contribution in [1.29, 1.82) is 0 Å². The van der Waals surface area contributed by atoms with Gasteiger partial charge in [0.05, 0.1) is 17.2 Å². The number of carbonyl (C=O) groups excluding carboxylic acids is 1. The van der Waals surface area contributed by atoms with Gasteiger partial charge in [0, 0.05) is 10.3 Å². The number of thiazole rings is 2. The van der Waals surface area contributed by atoms with E-state index in [1.807, 2.05) is 6.92 Å². The van der Waals surface area contributed by atoms with Gasteiger partial charge in [0.15, 0.2) is 5.13 Å². The first kappa shape index (κ1) is 13.0. The normalized spacial score (nSPS) is 10.6. The monoisotopic (exact) mass is 282 g/mol. The van der Waals surface area contributed by atoms with Crippen molar-refractivity contribution in [1.82, 2.24) is 15.3 Å². The second kappa shape index (κ2) is 5.45. The molecule has 0 unspecified atom stereocenters. The van der Waals surface area contributed by atoms with Crippen LogP contribution in [0.25, 0.3) is 0 Å². The highest BCUT2D eigenvalue weighted by molar-refractivity contribution is 7.13. The van der Waals surface area contributed by atoms with E-state index in [1.165, 1.54) is 11.3 Å². The van der Waals surface area contributed by atoms with Crippen LogP contribution in [0, 0.1) is 6.92 Å². The summed E-state index contributed by atoms with van der Waals surface area (Å²) in [4.78, 5) is 21.2. The van der Waals surface area contributed by atoms with E-state index >= 15 is 0 Å². The molecule has 3 N–H and O–H groups in total. The van der Waals surface area contributed by atoms with Gasteiger partial charge in [0.1, 0.15) is 5.69 Å². The standard InChI is InChI=1S/C11H14N4OS2/c1-3-9-14-6(2)8(18-9)4-13-10(16)7-5-17-11(12)15-7/h5H,3-4H2,1-2H3,(H2,12,15)(H,13,16). The summed E-state index contributed by atoms with van der Waals surface area (Å²) in [6.07, 6.45) is 0.919. The highest BCUT2D eigenvalue weighted by Gasteiger charge is 2.11. The molecule has 1 amide bonds. The molecule has 0 bridgehead atoms. The third-order valence-electron chi connectivity index (χ3n) is 2.40. The fourth-order valence-corrected chi connectivity index (χ4v) is 2.94. The minimum absolute atomic E-state index is 0.200. The minimum atomic E-state index is -0.200. The summed E-state index contributed by atoms with van der Waals surface area (Å²) in [5, 5.41) is 5.98. The number of aromatic nitrogens is 2. The molecule has 2 rings (SSSR count). The van der Waals surface area contributed by atoms with Crippen LogP contribution < -0.4 is 11.1 Å². The minimum Gasteiger partial charge on any atom is -0.375 e. The quantitative estimate of drug-likeness (QED) is 0.898. The summed E-state index contributed by atoms with van der Waals surface area (Å²) in [5.74, 6) is -0.200. The van der Waals surface area contributed by atoms with E-state index in [0.717, 1.165) is 22.0 Å². The Kier molecular flexibility index (Phi) is 3.93. The Morgan fingerprint density at radius 2 is 2.28 bits per heavy atom. The highest BCUT2D eigenvalue weighted by Crippen LogP contribution is 2.18. The molecule has 0 saturated carbocycles. The average Bonchev–Trinajstić information content (AvgIpc) is 2.92. The highest BCUT2D eigenvalue weighted by atomic mass is 32.1. The zero-order valence-corrected chi connectivity index (χ0v) is 11.8. The lowest BCUT2D eigenvalue weighted by Crippen LogP contribution is -2.23. The lowest BCUT2D eigenvalue weighted by atomic mass is 10.3. The molecule has 18 heavy (non-hydrogen) atoms. The van der Waals surface area contributed by atoms with E-state index < -0.39 is 0 Å². The van der Waals surface area contributed by atoms with Crippen LogP contribution in [0.4, 0.5) is 5.13 Å². The van der Waals surface area contributed by atoms with Crippen LogP contribution in [0.5, 0.6) is 0 Å². The summed E-state index contributed by atoms with van der Waals surface area (Å²) in [7, 11) is 0. The van der Waals surface area contributed by atoms with Crippen molar-refractivity contribution in [2.24, 2.45) is 0 Å². The Labute approximate surface area is 113 Å². The van der Waals surface area contributed by atoms with Gasteiger partial charge in [-0.05, 0) is 13.3 Å². The smallest absolute Gasteiger partial charge is 0.271 e. The molecule has 0 aliphatic carbocycles. The summed E-state index contributed by atoms with van der Waals surface area (Å²) >= 11 is 2.89. The Hall–Kier alpha value is -1.47. The number of hydrogen-bond donors (Lipinski definition) is 2. The summed E-state index contributed by atoms with van der Waals surface area (Å²) in [5.41, 5.74) is 6.84. The second-order valence-corrected chi connectivity index (χ2v) is 5.78. The molecule has 0 spiro atoms. The van der Waals surface area contributed by atoms with Crippen LogP contribution in [-0.2, 0) is 13.0 Å². The number of hydrogen-bond acceptors (Lipinski definition) is 6. The van der Waals surface area contributed by atoms with Crippen LogP contribution >= 0.6 is 22.7 Å². The molecule has 0 fully saturated rings. The van der Waals surface area contributed by atoms with Crippen molar-refractivity contribution in [3.63, 3.8) is 0 Å². The molecular formula is C11H14N4OS2. The van der Waals surface area contributed by atoms with E-state index in [4.69, 9.17) is 5.73 Å². The molecule has 7 heteroatoms. The topological polar surface area (TPSA) is 80.9 Å². The number of aryl methyl sites for hydroxylation is 2. The Balaban J connectivity index is 1.99. The van der Waals surface area contributed by atoms with Crippen molar-refractivity contribution in [2.75, 3.05) is 5.73 Å². The first-order valence-electron chi connectivity index (χ1n) is 5.54. The van der Waals surface area contributed by atoms with E-state index in [1.54, 1.807) is 16.7 Å². The molecule has 0 aromatic carbocycles. The molecule has 96 valence electrons. The van der Waals surface area contributed by atoms with Gasteiger partial charge in [-0.1, -0.05) is 6.92 Å². The van der Waals surface area contributed by atoms with Gasteiger partial charge in [0.2, 0.25) is 0 Å². The molecule has 0 saturated heterocycles. The summed E-state index contributed by atoms with van der Waals surface area (Å²) in [6, 6.07) is 0. The van der Waals surface area contributed by atoms with Crippen molar-refractivity contribution in [3.05, 3.63) is 26.7 Å². The zero-order chi connectivity index (χ0) is 13.1. The maximum Gasteiger partial charge on any atom is 0.271 e. The first-order valence-corrected chi connectivity index (χ1v) is 7.24. The molecule has 5 nitrogen and oxygen atoms in total. The number of anilines is 1. The Morgan fingerprint density at radius 1 is 1.50 bits per heavy atom. The van der Waals surface area contributed by atoms with Gasteiger partial charge < -0.3 is 11.1 Å². The summed E-state index contributed by atoms with van der Waals surface area (Å²) < 4.78 is 0. The van der Waals surface area contributed by atoms with E-state index in [2.05, 4.69) is 22.2 Å². The molecule has 0 radical (unpaired) electrons. The van der Waals surface area contributed by atoms with Gasteiger partial charge in [-0.2, -0.15) is 0 Å². The third kappa shape index (κ3) is 2.85. The molecule has 2 aromatic rings. The number of rotatable bonds is 4. The van der Waals surface area contributed by atoms with Gasteiger partial charge in [-0.3, -0.25) is 4.79 Å². The zero-order valence-electron chi connectivity index (χ0n) is 10.2. The fourth-order valence-electron chi connectivity index (χ4n) is 1.45. The molecule has 2 heterocycles. The molecule has 0 aliphatic rings. The molecule has 2 aromatic heterocycles. The van der Waals surface area contributed by atoms with E-state index in [0.29, 0.717) is 17.4 Å². The second-order valence-electron chi connectivity index (χ2n) is 3.72. The van der Waals surface area contributed by atoms with Gasteiger partial charge in [0.25, 0.3) is 5.91 Å². The number of nitrogen functional groups attached to an aromatic ring is 1. The number of nitrogens with zero attached hydrogens (tertiary/aromatic N) is 2. The Bertz CT molecular complexity index is 561. The van der Waals surface area contributed by atoms with Crippen molar-refractivity contribution < 1.29 is 4.79 Å². The van der Waals surface area contributed by atoms with Gasteiger partial charge in [-0.25, -0.2) is 9.97 Å². The van der Waals surface area contributed by atoms with Crippen molar-refractivity contribution in [3.8, 4) is 0 Å². The lowest BCUT2D eigenvalue weighted by molar-refractivity contribution is 0.0947. The summed E-state index contributed by atoms with van der Waals surface area (Å²) in [6.45, 7) is 4.51. The third-order valence-corrected chi connectivity index (χ3v) is 4.38. The predicted octanol–water partition coefficient (Wildman–Crippen LogP) is 1.98. The molecule has 0 aliphatic heterocycles. The maximum absolute atomic E-state index is 11.8. The number of nitrogens with one attached hydrogen (secondary N) is 1. The maximum atomic E-state index is 11.8. The molecular weight excluding hydrogens is 268 g/mol. The van der Waals surface area contributed by atoms with E-state index in [-0.39, 0.29) is 5.91 Å². The van der Waals surface area contributed by atoms with Crippen LogP contribution in [0.1, 0.15) is 33.0 Å². The van der Waals surface area contributed by atoms with Gasteiger partial charge in [-0.15, -0.1) is 22.7 Å².